The van der Waals surface area contributed by atoms with Gasteiger partial charge in [-0.15, -0.1) is 24.0 Å². The molecule has 0 saturated heterocycles. The van der Waals surface area contributed by atoms with E-state index in [1.54, 1.807) is 13.3 Å². The van der Waals surface area contributed by atoms with Crippen LogP contribution in [0.1, 0.15) is 19.8 Å². The summed E-state index contributed by atoms with van der Waals surface area (Å²) in [5.41, 5.74) is 0. The zero-order chi connectivity index (χ0) is 15.9. The summed E-state index contributed by atoms with van der Waals surface area (Å²) in [6.07, 6.45) is 7.54. The molecule has 0 fully saturated rings. The molecule has 1 rings (SSSR count). The minimum Gasteiger partial charge on any atom is -0.382 e. The molecule has 0 aliphatic heterocycles. The molecule has 2 N–H and O–H groups in total. The average molecular weight is 439 g/mol. The second kappa shape index (κ2) is 16.0. The second-order valence-corrected chi connectivity index (χ2v) is 4.80. The normalized spacial score (nSPS) is 11.1. The van der Waals surface area contributed by atoms with Gasteiger partial charge in [-0.3, -0.25) is 4.99 Å². The van der Waals surface area contributed by atoms with Gasteiger partial charge in [0.25, 0.3) is 0 Å². The number of methoxy groups -OCH3 is 1. The van der Waals surface area contributed by atoms with Crippen LogP contribution in [0.15, 0.2) is 23.7 Å². The third kappa shape index (κ3) is 12.2. The number of imidazole rings is 1. The first kappa shape index (κ1) is 22.1. The molecule has 0 aromatic carbocycles. The molecule has 0 radical (unpaired) electrons. The van der Waals surface area contributed by atoms with Crippen LogP contribution in [0.4, 0.5) is 0 Å². The van der Waals surface area contributed by atoms with E-state index in [0.29, 0.717) is 13.2 Å². The van der Waals surface area contributed by atoms with Crippen LogP contribution >= 0.6 is 24.0 Å². The molecule has 0 unspecified atom stereocenters. The van der Waals surface area contributed by atoms with Crippen molar-refractivity contribution in [3.05, 3.63) is 18.7 Å². The number of halogens is 1. The monoisotopic (exact) mass is 439 g/mol. The highest BCUT2D eigenvalue weighted by Crippen LogP contribution is 1.91. The lowest BCUT2D eigenvalue weighted by atomic mass is 10.4. The van der Waals surface area contributed by atoms with Gasteiger partial charge in [-0.05, 0) is 19.8 Å². The maximum absolute atomic E-state index is 5.42. The quantitative estimate of drug-likeness (QED) is 0.224. The molecule has 0 aliphatic rings. The van der Waals surface area contributed by atoms with Crippen molar-refractivity contribution in [1.29, 1.82) is 0 Å². The highest BCUT2D eigenvalue weighted by atomic mass is 127. The number of nitrogens with zero attached hydrogens (tertiary/aromatic N) is 3. The van der Waals surface area contributed by atoms with Gasteiger partial charge < -0.3 is 24.7 Å². The lowest BCUT2D eigenvalue weighted by Gasteiger charge is -2.11. The summed E-state index contributed by atoms with van der Waals surface area (Å²) in [7, 11) is 1.68. The van der Waals surface area contributed by atoms with Gasteiger partial charge in [0, 0.05) is 52.3 Å². The van der Waals surface area contributed by atoms with Crippen LogP contribution in [0.2, 0.25) is 0 Å². The molecule has 8 heteroatoms. The molecule has 134 valence electrons. The van der Waals surface area contributed by atoms with Crippen molar-refractivity contribution in [2.75, 3.05) is 46.6 Å². The number of aryl methyl sites for hydroxylation is 1. The number of ether oxygens (including phenoxy) is 2. The van der Waals surface area contributed by atoms with Crippen LogP contribution in [0.5, 0.6) is 0 Å². The summed E-state index contributed by atoms with van der Waals surface area (Å²) in [6, 6.07) is 0. The summed E-state index contributed by atoms with van der Waals surface area (Å²) in [6.45, 7) is 7.53. The number of aliphatic imine (C=N–C) groups is 1. The molecule has 0 saturated carbocycles. The topological polar surface area (TPSA) is 72.7 Å². The molecule has 1 heterocycles. The summed E-state index contributed by atoms with van der Waals surface area (Å²) in [4.78, 5) is 8.58. The standard InChI is InChI=1S/C15H29N5O2.HI/c1-3-17-15(19-7-5-11-22-13-12-21-2)18-6-4-9-20-10-8-16-14-20;/h8,10,14H,3-7,9,11-13H2,1-2H3,(H2,17,18,19);1H. The van der Waals surface area contributed by atoms with Gasteiger partial charge in [-0.1, -0.05) is 0 Å². The van der Waals surface area contributed by atoms with Gasteiger partial charge >= 0.3 is 0 Å². The van der Waals surface area contributed by atoms with E-state index < -0.39 is 0 Å². The second-order valence-electron chi connectivity index (χ2n) is 4.80. The Morgan fingerprint density at radius 2 is 2.09 bits per heavy atom. The number of guanidine groups is 1. The van der Waals surface area contributed by atoms with Crippen molar-refractivity contribution in [3.8, 4) is 0 Å². The van der Waals surface area contributed by atoms with Crippen LogP contribution in [-0.4, -0.2) is 62.1 Å². The van der Waals surface area contributed by atoms with Crippen LogP contribution in [0.3, 0.4) is 0 Å². The van der Waals surface area contributed by atoms with Crippen LogP contribution in [0.25, 0.3) is 0 Å². The molecule has 23 heavy (non-hydrogen) atoms. The molecule has 0 amide bonds. The Morgan fingerprint density at radius 3 is 2.78 bits per heavy atom. The van der Waals surface area contributed by atoms with Gasteiger partial charge in [0.1, 0.15) is 0 Å². The fourth-order valence-electron chi connectivity index (χ4n) is 1.83. The Morgan fingerprint density at radius 1 is 1.22 bits per heavy atom. The number of hydrogen-bond donors (Lipinski definition) is 2. The van der Waals surface area contributed by atoms with Crippen LogP contribution in [0, 0.1) is 0 Å². The van der Waals surface area contributed by atoms with Gasteiger partial charge in [-0.2, -0.15) is 0 Å². The fourth-order valence-corrected chi connectivity index (χ4v) is 1.83. The average Bonchev–Trinajstić information content (AvgIpc) is 3.03. The molecule has 0 aliphatic carbocycles. The number of hydrogen-bond acceptors (Lipinski definition) is 4. The molecule has 7 nitrogen and oxygen atoms in total. The van der Waals surface area contributed by atoms with Crippen molar-refractivity contribution < 1.29 is 9.47 Å². The maximum Gasteiger partial charge on any atom is 0.191 e. The Kier molecular flexibility index (Phi) is 15.4. The maximum atomic E-state index is 5.42. The Bertz CT molecular complexity index is 387. The fraction of sp³-hybridized carbons (Fsp3) is 0.733. The molecular weight excluding hydrogens is 409 g/mol. The van der Waals surface area contributed by atoms with Crippen molar-refractivity contribution >= 4 is 29.9 Å². The highest BCUT2D eigenvalue weighted by molar-refractivity contribution is 14.0. The molecule has 0 atom stereocenters. The van der Waals surface area contributed by atoms with Crippen molar-refractivity contribution in [2.24, 2.45) is 4.99 Å². The van der Waals surface area contributed by atoms with Crippen molar-refractivity contribution in [3.63, 3.8) is 0 Å². The van der Waals surface area contributed by atoms with Gasteiger partial charge in [0.15, 0.2) is 5.96 Å². The zero-order valence-electron chi connectivity index (χ0n) is 14.2. The van der Waals surface area contributed by atoms with E-state index in [4.69, 9.17) is 9.47 Å². The minimum atomic E-state index is 0. The first-order valence-electron chi connectivity index (χ1n) is 7.91. The SMILES string of the molecule is CCNC(=NCCCn1ccnc1)NCCCOCCOC.I. The van der Waals surface area contributed by atoms with Gasteiger partial charge in [0.2, 0.25) is 0 Å². The van der Waals surface area contributed by atoms with Crippen molar-refractivity contribution in [1.82, 2.24) is 20.2 Å². The number of rotatable bonds is 12. The summed E-state index contributed by atoms with van der Waals surface area (Å²) in [5, 5.41) is 6.56. The first-order chi connectivity index (χ1) is 10.9. The molecule has 0 spiro atoms. The molecule has 1 aromatic rings. The van der Waals surface area contributed by atoms with Crippen molar-refractivity contribution in [2.45, 2.75) is 26.3 Å². The van der Waals surface area contributed by atoms with Gasteiger partial charge in [0.05, 0.1) is 19.5 Å². The first-order valence-corrected chi connectivity index (χ1v) is 7.91. The summed E-state index contributed by atoms with van der Waals surface area (Å²) in [5.74, 6) is 0.866. The van der Waals surface area contributed by atoms with E-state index in [0.717, 1.165) is 51.6 Å². The summed E-state index contributed by atoms with van der Waals surface area (Å²) < 4.78 is 12.4. The predicted molar refractivity (Wildman–Crippen MR) is 104 cm³/mol. The van der Waals surface area contributed by atoms with E-state index in [1.165, 1.54) is 0 Å². The third-order valence-electron chi connectivity index (χ3n) is 2.94. The predicted octanol–water partition coefficient (Wildman–Crippen LogP) is 1.50. The molecular formula is C15H30IN5O2. The summed E-state index contributed by atoms with van der Waals surface area (Å²) >= 11 is 0. The lowest BCUT2D eigenvalue weighted by Crippen LogP contribution is -2.38. The Labute approximate surface area is 156 Å². The Hall–Kier alpha value is -0.870. The van der Waals surface area contributed by atoms with E-state index in [-0.39, 0.29) is 24.0 Å². The lowest BCUT2D eigenvalue weighted by molar-refractivity contribution is 0.0698. The third-order valence-corrected chi connectivity index (χ3v) is 2.94. The van der Waals surface area contributed by atoms with E-state index in [9.17, 15) is 0 Å². The molecule has 0 bridgehead atoms. The highest BCUT2D eigenvalue weighted by Gasteiger charge is 1.97. The minimum absolute atomic E-state index is 0. The van der Waals surface area contributed by atoms with E-state index >= 15 is 0 Å². The molecule has 1 aromatic heterocycles. The van der Waals surface area contributed by atoms with Gasteiger partial charge in [-0.25, -0.2) is 4.98 Å². The Balaban J connectivity index is 0.00000484. The smallest absolute Gasteiger partial charge is 0.191 e. The van der Waals surface area contributed by atoms with Crippen LogP contribution in [-0.2, 0) is 16.0 Å². The zero-order valence-corrected chi connectivity index (χ0v) is 16.5. The largest absolute Gasteiger partial charge is 0.382 e. The number of aromatic nitrogens is 2. The number of nitrogens with one attached hydrogen (secondary N) is 2. The van der Waals surface area contributed by atoms with E-state index in [2.05, 4.69) is 32.1 Å². The van der Waals surface area contributed by atoms with E-state index in [1.807, 2.05) is 12.5 Å². The van der Waals surface area contributed by atoms with Crippen LogP contribution < -0.4 is 10.6 Å².